The summed E-state index contributed by atoms with van der Waals surface area (Å²) in [4.78, 5) is 0. The van der Waals surface area contributed by atoms with Crippen LogP contribution in [0.3, 0.4) is 0 Å². The maximum atomic E-state index is 16.5. The van der Waals surface area contributed by atoms with Crippen LogP contribution < -0.4 is 0 Å². The molecule has 4 heteroatoms. The zero-order valence-electron chi connectivity index (χ0n) is 35.9. The van der Waals surface area contributed by atoms with E-state index in [1.54, 1.807) is 0 Å². The van der Waals surface area contributed by atoms with Gasteiger partial charge < -0.3 is 4.57 Å². The van der Waals surface area contributed by atoms with Crippen LogP contribution in [-0.4, -0.2) is 31.0 Å². The lowest BCUT2D eigenvalue weighted by Gasteiger charge is -2.42. The summed E-state index contributed by atoms with van der Waals surface area (Å²) >= 11 is 2.37. The van der Waals surface area contributed by atoms with Crippen molar-refractivity contribution in [3.63, 3.8) is 0 Å². The molecule has 11 rings (SSSR count). The lowest BCUT2D eigenvalue weighted by molar-refractivity contribution is -0.534. The number of halogens is 2. The quantitative estimate of drug-likeness (QED) is 0.0855. The largest absolute Gasteiger partial charge is 0.332 e. The van der Waals surface area contributed by atoms with Gasteiger partial charge in [0, 0.05) is 24.3 Å². The summed E-state index contributed by atoms with van der Waals surface area (Å²) in [6.45, 7) is 8.79. The first-order chi connectivity index (χ1) is 30.7. The van der Waals surface area contributed by atoms with Crippen LogP contribution in [0.1, 0.15) is 42.4 Å². The fourth-order valence-electron chi connectivity index (χ4n) is 10.5. The number of rotatable bonds is 7. The minimum atomic E-state index is -0.953. The number of aryl methyl sites for hydroxylation is 2. The molecule has 0 bridgehead atoms. The standard InChI is InChI=1S/C59H47FIN2/c1-36-25-38(3)62-56(36)53(57-37(2)26-39(4)63(57)59-55(61)54(60)58(59)62)52-34-50(48-29-44(40-17-9-5-10-18-40)27-45(30-48)41-19-11-6-12-20-41)33-51(35-52)49-31-46(42-21-13-7-14-22-42)28-47(32-49)43-23-15-8-16-24-43/h5-35,54-55,58-59H,1-4H3/q+1. The van der Waals surface area contributed by atoms with Gasteiger partial charge in [-0.1, -0.05) is 144 Å². The molecule has 2 nitrogen and oxygen atoms in total. The Morgan fingerprint density at radius 3 is 1.19 bits per heavy atom. The van der Waals surface area contributed by atoms with Crippen LogP contribution in [0.25, 0.3) is 72.3 Å². The molecule has 1 aromatic heterocycles. The highest BCUT2D eigenvalue weighted by Gasteiger charge is 2.62. The Hall–Kier alpha value is -6.37. The Labute approximate surface area is 383 Å². The van der Waals surface area contributed by atoms with E-state index in [1.165, 1.54) is 44.8 Å². The van der Waals surface area contributed by atoms with Gasteiger partial charge in [-0.25, -0.2) is 4.39 Å². The third-order valence-electron chi connectivity index (χ3n) is 13.4. The van der Waals surface area contributed by atoms with E-state index in [0.29, 0.717) is 0 Å². The van der Waals surface area contributed by atoms with Gasteiger partial charge in [-0.05, 0) is 159 Å². The zero-order valence-corrected chi connectivity index (χ0v) is 38.0. The van der Waals surface area contributed by atoms with E-state index < -0.39 is 6.17 Å². The topological polar surface area (TPSA) is 7.94 Å². The molecule has 3 heterocycles. The predicted octanol–water partition coefficient (Wildman–Crippen LogP) is 15.4. The van der Waals surface area contributed by atoms with Crippen molar-refractivity contribution in [3.8, 4) is 66.8 Å². The summed E-state index contributed by atoms with van der Waals surface area (Å²) in [6, 6.07) is 66.0. The van der Waals surface area contributed by atoms with Gasteiger partial charge in [-0.3, -0.25) is 0 Å². The molecular formula is C59H47FIN2+. The van der Waals surface area contributed by atoms with Crippen LogP contribution in [-0.2, 0) is 0 Å². The van der Waals surface area contributed by atoms with Crippen molar-refractivity contribution < 1.29 is 8.97 Å². The van der Waals surface area contributed by atoms with Gasteiger partial charge in [0.05, 0.1) is 11.3 Å². The van der Waals surface area contributed by atoms with Crippen molar-refractivity contribution in [1.29, 1.82) is 0 Å². The van der Waals surface area contributed by atoms with E-state index in [4.69, 9.17) is 0 Å². The summed E-state index contributed by atoms with van der Waals surface area (Å²) in [6.07, 6.45) is 1.35. The van der Waals surface area contributed by atoms with Crippen LogP contribution in [0.5, 0.6) is 0 Å². The molecule has 306 valence electrons. The molecule has 7 aromatic carbocycles. The zero-order chi connectivity index (χ0) is 42.9. The van der Waals surface area contributed by atoms with Gasteiger partial charge in [0.2, 0.25) is 5.70 Å². The molecule has 3 aliphatic rings. The van der Waals surface area contributed by atoms with E-state index in [1.807, 2.05) is 0 Å². The molecular weight excluding hydrogens is 883 g/mol. The second-order valence-electron chi connectivity index (χ2n) is 17.5. The van der Waals surface area contributed by atoms with Gasteiger partial charge in [0.15, 0.2) is 11.8 Å². The summed E-state index contributed by atoms with van der Waals surface area (Å²) in [5.74, 6) is 0. The molecule has 63 heavy (non-hydrogen) atoms. The summed E-state index contributed by atoms with van der Waals surface area (Å²) < 4.78 is 21.2. The third-order valence-corrected chi connectivity index (χ3v) is 14.8. The number of benzene rings is 7. The van der Waals surface area contributed by atoms with Crippen molar-refractivity contribution in [2.75, 3.05) is 0 Å². The fraction of sp³-hybridized carbons (Fsp3) is 0.136. The van der Waals surface area contributed by atoms with E-state index in [-0.39, 0.29) is 16.0 Å². The van der Waals surface area contributed by atoms with Gasteiger partial charge in [-0.15, -0.1) is 0 Å². The molecule has 1 saturated carbocycles. The summed E-state index contributed by atoms with van der Waals surface area (Å²) in [5, 5.41) is 0. The van der Waals surface area contributed by atoms with E-state index >= 15 is 4.39 Å². The normalized spacial score (nSPS) is 18.9. The lowest BCUT2D eigenvalue weighted by atomic mass is 9.82. The molecule has 1 fully saturated rings. The van der Waals surface area contributed by atoms with E-state index in [2.05, 4.69) is 247 Å². The fourth-order valence-corrected chi connectivity index (χ4v) is 11.7. The molecule has 2 aliphatic heterocycles. The number of aromatic nitrogens is 1. The highest BCUT2D eigenvalue weighted by Crippen LogP contribution is 2.53. The first-order valence-electron chi connectivity index (χ1n) is 21.9. The Bertz CT molecular complexity index is 2920. The van der Waals surface area contributed by atoms with Crippen molar-refractivity contribution in [2.24, 2.45) is 0 Å². The van der Waals surface area contributed by atoms with Crippen LogP contribution in [0.4, 0.5) is 4.39 Å². The molecule has 4 atom stereocenters. The monoisotopic (exact) mass is 929 g/mol. The van der Waals surface area contributed by atoms with Gasteiger partial charge in [0.1, 0.15) is 16.1 Å². The number of alkyl halides is 2. The van der Waals surface area contributed by atoms with Crippen molar-refractivity contribution in [1.82, 2.24) is 4.57 Å². The molecule has 0 radical (unpaired) electrons. The number of hydrogen-bond donors (Lipinski definition) is 0. The maximum absolute atomic E-state index is 16.5. The minimum Gasteiger partial charge on any atom is -0.332 e. The smallest absolute Gasteiger partial charge is 0.218 e. The molecule has 0 spiro atoms. The molecule has 0 amide bonds. The Balaban J connectivity index is 1.23. The number of nitrogens with zero attached hydrogens (tertiary/aromatic N) is 2. The average molecular weight is 930 g/mol. The van der Waals surface area contributed by atoms with Gasteiger partial charge in [0.25, 0.3) is 0 Å². The van der Waals surface area contributed by atoms with Crippen LogP contribution in [0.15, 0.2) is 199 Å². The first-order valence-corrected chi connectivity index (χ1v) is 23.2. The van der Waals surface area contributed by atoms with E-state index in [0.717, 1.165) is 67.0 Å². The summed E-state index contributed by atoms with van der Waals surface area (Å²) in [5.41, 5.74) is 23.1. The number of allylic oxidation sites excluding steroid dienone is 2. The summed E-state index contributed by atoms with van der Waals surface area (Å²) in [7, 11) is 0. The Morgan fingerprint density at radius 1 is 0.460 bits per heavy atom. The predicted molar refractivity (Wildman–Crippen MR) is 269 cm³/mol. The number of fused-ring (bicyclic) bond motifs is 5. The highest BCUT2D eigenvalue weighted by molar-refractivity contribution is 14.1. The Kier molecular flexibility index (Phi) is 9.88. The maximum Gasteiger partial charge on any atom is 0.218 e. The minimum absolute atomic E-state index is 0.000622. The van der Waals surface area contributed by atoms with Crippen molar-refractivity contribution in [3.05, 3.63) is 222 Å². The molecule has 0 N–H and O–H groups in total. The van der Waals surface area contributed by atoms with Crippen molar-refractivity contribution in [2.45, 2.75) is 49.9 Å². The second kappa shape index (κ2) is 15.8. The number of hydrogen-bond acceptors (Lipinski definition) is 0. The third kappa shape index (κ3) is 6.78. The second-order valence-corrected chi connectivity index (χ2v) is 18.9. The molecule has 0 saturated heterocycles. The van der Waals surface area contributed by atoms with Gasteiger partial charge in [-0.2, -0.15) is 4.58 Å². The van der Waals surface area contributed by atoms with Crippen LogP contribution in [0.2, 0.25) is 0 Å². The highest BCUT2D eigenvalue weighted by atomic mass is 127. The molecule has 8 aromatic rings. The lowest BCUT2D eigenvalue weighted by Crippen LogP contribution is -2.60. The molecule has 4 unspecified atom stereocenters. The first kappa shape index (κ1) is 39.5. The Morgan fingerprint density at radius 2 is 0.810 bits per heavy atom. The van der Waals surface area contributed by atoms with Crippen LogP contribution in [0, 0.1) is 13.8 Å². The van der Waals surface area contributed by atoms with Crippen molar-refractivity contribution >= 4 is 33.9 Å². The van der Waals surface area contributed by atoms with Gasteiger partial charge >= 0.3 is 0 Å². The molecule has 1 aliphatic carbocycles. The SMILES string of the molecule is CC1=CC(C)=[N+]2C1=C(c1cc(-c3cc(-c4ccccc4)cc(-c4ccccc4)c3)cc(-c3cc(-c4ccccc4)cc(-c4ccccc4)c3)c1)c1c(C)cc(C)n1C1C(F)C(I)C12. The average Bonchev–Trinajstić information content (AvgIpc) is 3.72. The van der Waals surface area contributed by atoms with E-state index in [9.17, 15) is 0 Å². The van der Waals surface area contributed by atoms with Crippen LogP contribution >= 0.6 is 22.6 Å².